The summed E-state index contributed by atoms with van der Waals surface area (Å²) in [6.07, 6.45) is 3.99. The quantitative estimate of drug-likeness (QED) is 0.338. The predicted octanol–water partition coefficient (Wildman–Crippen LogP) is 6.76. The molecule has 3 aromatic carbocycles. The second-order valence-electron chi connectivity index (χ2n) is 10.6. The molecule has 0 bridgehead atoms. The fraction of sp³-hybridized carbons (Fsp3) is 0.323. The van der Waals surface area contributed by atoms with Gasteiger partial charge in [0.05, 0.1) is 11.2 Å². The van der Waals surface area contributed by atoms with Crippen molar-refractivity contribution in [1.82, 2.24) is 9.88 Å². The van der Waals surface area contributed by atoms with Gasteiger partial charge in [0.15, 0.2) is 0 Å². The maximum atomic E-state index is 14.8. The first-order chi connectivity index (χ1) is 17.9. The number of carbonyl (C=O) groups excluding carboxylic acids is 1. The van der Waals surface area contributed by atoms with E-state index in [4.69, 9.17) is 0 Å². The Labute approximate surface area is 215 Å². The molecule has 0 radical (unpaired) electrons. The number of nitrogens with zero attached hydrogens (tertiary/aromatic N) is 2. The summed E-state index contributed by atoms with van der Waals surface area (Å²) in [4.78, 5) is 21.5. The number of aromatic amines is 1. The van der Waals surface area contributed by atoms with Gasteiger partial charge in [-0.05, 0) is 85.5 Å². The molecule has 1 amide bonds. The summed E-state index contributed by atoms with van der Waals surface area (Å²) in [5.41, 5.74) is 5.20. The van der Waals surface area contributed by atoms with Crippen LogP contribution in [0, 0.1) is 11.6 Å². The zero-order valence-electron chi connectivity index (χ0n) is 21.2. The fourth-order valence-corrected chi connectivity index (χ4v) is 6.73. The van der Waals surface area contributed by atoms with Crippen molar-refractivity contribution in [3.8, 4) is 0 Å². The van der Waals surface area contributed by atoms with Gasteiger partial charge in [-0.1, -0.05) is 30.3 Å². The number of nitrogens with one attached hydrogen (secondary N) is 1. The molecule has 4 aromatic rings. The Bertz CT molecular complexity index is 1470. The van der Waals surface area contributed by atoms with Crippen molar-refractivity contribution in [1.29, 1.82) is 0 Å². The third-order valence-electron chi connectivity index (χ3n) is 8.44. The molecule has 1 aliphatic heterocycles. The number of anilines is 1. The summed E-state index contributed by atoms with van der Waals surface area (Å²) in [6.45, 7) is 0.610. The van der Waals surface area contributed by atoms with Crippen LogP contribution in [-0.2, 0) is 12.0 Å². The van der Waals surface area contributed by atoms with E-state index in [0.717, 1.165) is 48.9 Å². The highest BCUT2D eigenvalue weighted by Crippen LogP contribution is 2.52. The van der Waals surface area contributed by atoms with E-state index in [1.54, 1.807) is 18.2 Å². The number of hydrogen-bond acceptors (Lipinski definition) is 2. The highest BCUT2D eigenvalue weighted by Gasteiger charge is 2.49. The molecule has 37 heavy (non-hydrogen) atoms. The van der Waals surface area contributed by atoms with Crippen molar-refractivity contribution >= 4 is 22.5 Å². The van der Waals surface area contributed by atoms with Gasteiger partial charge in [0.2, 0.25) is 0 Å². The number of benzene rings is 3. The number of aromatic nitrogens is 1. The largest absolute Gasteiger partial charge is 0.375 e. The van der Waals surface area contributed by atoms with Crippen LogP contribution in [0.4, 0.5) is 14.5 Å². The molecule has 1 N–H and O–H groups in total. The summed E-state index contributed by atoms with van der Waals surface area (Å²) >= 11 is 0. The number of carbonyl (C=O) groups is 1. The van der Waals surface area contributed by atoms with Crippen molar-refractivity contribution in [2.45, 2.75) is 43.6 Å². The van der Waals surface area contributed by atoms with Crippen molar-refractivity contribution in [3.05, 3.63) is 101 Å². The van der Waals surface area contributed by atoms with Crippen LogP contribution in [0.2, 0.25) is 0 Å². The van der Waals surface area contributed by atoms with Crippen LogP contribution >= 0.6 is 0 Å². The molecule has 1 spiro atoms. The topological polar surface area (TPSA) is 39.3 Å². The molecule has 6 heteroatoms. The molecule has 190 valence electrons. The molecule has 1 saturated carbocycles. The van der Waals surface area contributed by atoms with Crippen LogP contribution in [0.15, 0.2) is 66.7 Å². The number of H-pyrrole nitrogens is 1. The maximum Gasteiger partial charge on any atom is 0.254 e. The molecule has 0 saturated heterocycles. The van der Waals surface area contributed by atoms with E-state index < -0.39 is 5.54 Å². The van der Waals surface area contributed by atoms with E-state index in [2.05, 4.69) is 23.2 Å². The maximum absolute atomic E-state index is 14.8. The molecule has 1 aliphatic carbocycles. The third-order valence-corrected chi connectivity index (χ3v) is 8.44. The van der Waals surface area contributed by atoms with Crippen molar-refractivity contribution in [3.63, 3.8) is 0 Å². The fourth-order valence-electron chi connectivity index (χ4n) is 6.73. The van der Waals surface area contributed by atoms with Crippen LogP contribution in [-0.4, -0.2) is 36.4 Å². The number of halogens is 2. The number of fused-ring (bicyclic) bond motifs is 4. The Morgan fingerprint density at radius 2 is 1.70 bits per heavy atom. The van der Waals surface area contributed by atoms with Gasteiger partial charge in [-0.3, -0.25) is 4.79 Å². The number of amides is 1. The Morgan fingerprint density at radius 3 is 2.43 bits per heavy atom. The Morgan fingerprint density at radius 1 is 0.973 bits per heavy atom. The van der Waals surface area contributed by atoms with Gasteiger partial charge < -0.3 is 14.8 Å². The second-order valence-corrected chi connectivity index (χ2v) is 10.6. The van der Waals surface area contributed by atoms with Gasteiger partial charge >= 0.3 is 0 Å². The van der Waals surface area contributed by atoms with Crippen LogP contribution < -0.4 is 4.90 Å². The summed E-state index contributed by atoms with van der Waals surface area (Å²) in [5, 5.41) is 1.22. The normalized spacial score (nSPS) is 21.3. The first kappa shape index (κ1) is 23.7. The van der Waals surface area contributed by atoms with Crippen molar-refractivity contribution in [2.24, 2.45) is 0 Å². The lowest BCUT2D eigenvalue weighted by Gasteiger charge is -2.51. The lowest BCUT2D eigenvalue weighted by Crippen LogP contribution is -2.55. The number of rotatable bonds is 3. The summed E-state index contributed by atoms with van der Waals surface area (Å²) in [5.74, 6) is -0.416. The van der Waals surface area contributed by atoms with Gasteiger partial charge in [0.1, 0.15) is 11.6 Å². The average molecular weight is 500 g/mol. The molecule has 0 unspecified atom stereocenters. The summed E-state index contributed by atoms with van der Waals surface area (Å²) in [7, 11) is 3.76. The third kappa shape index (κ3) is 3.81. The number of hydrogen-bond donors (Lipinski definition) is 1. The highest BCUT2D eigenvalue weighted by molar-refractivity contribution is 5.95. The lowest BCUT2D eigenvalue weighted by molar-refractivity contribution is 0.0226. The predicted molar refractivity (Wildman–Crippen MR) is 143 cm³/mol. The molecule has 4 nitrogen and oxygen atoms in total. The van der Waals surface area contributed by atoms with Crippen molar-refractivity contribution < 1.29 is 13.6 Å². The van der Waals surface area contributed by atoms with Crippen LogP contribution in [0.5, 0.6) is 0 Å². The van der Waals surface area contributed by atoms with E-state index >= 15 is 0 Å². The molecular weight excluding hydrogens is 468 g/mol. The van der Waals surface area contributed by atoms with Crippen LogP contribution in [0.3, 0.4) is 0 Å². The van der Waals surface area contributed by atoms with Crippen molar-refractivity contribution in [2.75, 3.05) is 25.5 Å². The molecule has 2 aliphatic rings. The van der Waals surface area contributed by atoms with Gasteiger partial charge in [-0.2, -0.15) is 0 Å². The monoisotopic (exact) mass is 499 g/mol. The van der Waals surface area contributed by atoms with Gasteiger partial charge in [-0.15, -0.1) is 0 Å². The molecule has 6 rings (SSSR count). The minimum Gasteiger partial charge on any atom is -0.375 e. The minimum atomic E-state index is -0.486. The molecule has 0 atom stereocenters. The molecule has 1 fully saturated rings. The molecular formula is C31H31F2N3O. The van der Waals surface area contributed by atoms with E-state index in [-0.39, 0.29) is 23.5 Å². The first-order valence-electron chi connectivity index (χ1n) is 13.0. The van der Waals surface area contributed by atoms with Crippen LogP contribution in [0.1, 0.15) is 58.8 Å². The zero-order chi connectivity index (χ0) is 25.7. The summed E-state index contributed by atoms with van der Waals surface area (Å²) < 4.78 is 28.4. The number of para-hydroxylation sites is 2. The SMILES string of the molecule is CN(C)c1c(F)cccc1C1CCC2(CC1)c1[nH]c3ccccc3c1CCN2C(=O)c1ccc(F)cc1. The summed E-state index contributed by atoms with van der Waals surface area (Å²) in [6, 6.07) is 19.5. The van der Waals surface area contributed by atoms with Gasteiger partial charge in [0.25, 0.3) is 5.91 Å². The van der Waals surface area contributed by atoms with Gasteiger partial charge in [0, 0.05) is 42.8 Å². The van der Waals surface area contributed by atoms with E-state index in [1.165, 1.54) is 29.1 Å². The lowest BCUT2D eigenvalue weighted by atomic mass is 9.69. The van der Waals surface area contributed by atoms with E-state index in [0.29, 0.717) is 17.8 Å². The van der Waals surface area contributed by atoms with Gasteiger partial charge in [-0.25, -0.2) is 8.78 Å². The average Bonchev–Trinajstić information content (AvgIpc) is 3.29. The first-order valence-corrected chi connectivity index (χ1v) is 13.0. The van der Waals surface area contributed by atoms with E-state index in [9.17, 15) is 13.6 Å². The smallest absolute Gasteiger partial charge is 0.254 e. The zero-order valence-corrected chi connectivity index (χ0v) is 21.2. The highest BCUT2D eigenvalue weighted by atomic mass is 19.1. The Kier molecular flexibility index (Phi) is 5.78. The molecule has 2 heterocycles. The Hall–Kier alpha value is -3.67. The standard InChI is InChI=1S/C31H31F2N3O/c1-35(2)28-23(7-5-8-26(28)33)20-14-17-31(18-15-20)29-25(24-6-3-4-9-27(24)34-29)16-19-36(31)30(37)21-10-12-22(32)13-11-21/h3-13,20,34H,14-19H2,1-2H3. The minimum absolute atomic E-state index is 0.0671. The van der Waals surface area contributed by atoms with Crippen LogP contribution in [0.25, 0.3) is 10.9 Å². The van der Waals surface area contributed by atoms with E-state index in [1.807, 2.05) is 36.0 Å². The second kappa shape index (κ2) is 9.02. The Balaban J connectivity index is 1.41. The molecule has 1 aromatic heterocycles.